The maximum atomic E-state index is 13.3. The van der Waals surface area contributed by atoms with Crippen LogP contribution in [0.5, 0.6) is 0 Å². The summed E-state index contributed by atoms with van der Waals surface area (Å²) in [7, 11) is 0. The molecule has 0 bridgehead atoms. The number of hydrogen-bond acceptors (Lipinski definition) is 4. The van der Waals surface area contributed by atoms with Gasteiger partial charge in [0.15, 0.2) is 0 Å². The van der Waals surface area contributed by atoms with Gasteiger partial charge in [0.25, 0.3) is 0 Å². The molecule has 1 heterocycles. The van der Waals surface area contributed by atoms with E-state index in [4.69, 9.17) is 0 Å². The number of benzene rings is 1. The Hall–Kier alpha value is -2.87. The van der Waals surface area contributed by atoms with Crippen LogP contribution < -0.4 is 10.6 Å². The van der Waals surface area contributed by atoms with Gasteiger partial charge in [-0.2, -0.15) is 0 Å². The molecule has 0 saturated carbocycles. The zero-order chi connectivity index (χ0) is 20.7. The molecule has 2 amide bonds. The van der Waals surface area contributed by atoms with E-state index in [1.54, 1.807) is 19.1 Å². The summed E-state index contributed by atoms with van der Waals surface area (Å²) < 4.78 is 26.5. The summed E-state index contributed by atoms with van der Waals surface area (Å²) in [6.45, 7) is 3.47. The zero-order valence-electron chi connectivity index (χ0n) is 15.7. The van der Waals surface area contributed by atoms with Crippen LogP contribution in [0.3, 0.4) is 0 Å². The van der Waals surface area contributed by atoms with E-state index in [9.17, 15) is 23.5 Å². The summed E-state index contributed by atoms with van der Waals surface area (Å²) in [5.41, 5.74) is 0.791. The Labute approximate surface area is 162 Å². The van der Waals surface area contributed by atoms with Crippen LogP contribution in [0, 0.1) is 11.6 Å². The van der Waals surface area contributed by atoms with Gasteiger partial charge in [0.05, 0.1) is 12.5 Å². The number of aromatic nitrogens is 1. The lowest BCUT2D eigenvalue weighted by Gasteiger charge is -2.18. The normalized spacial score (nSPS) is 12.9. The minimum Gasteiger partial charge on any atom is -0.389 e. The van der Waals surface area contributed by atoms with Crippen LogP contribution in [0.2, 0.25) is 0 Å². The summed E-state index contributed by atoms with van der Waals surface area (Å²) in [5.74, 6) is -2.21. The second-order valence-electron chi connectivity index (χ2n) is 6.51. The number of rotatable bonds is 8. The van der Waals surface area contributed by atoms with Crippen molar-refractivity contribution in [3.8, 4) is 0 Å². The smallest absolute Gasteiger partial charge is 0.248 e. The van der Waals surface area contributed by atoms with Crippen molar-refractivity contribution in [3.05, 3.63) is 59.3 Å². The highest BCUT2D eigenvalue weighted by atomic mass is 19.1. The second kappa shape index (κ2) is 9.89. The molecule has 1 aromatic heterocycles. The molecule has 6 nitrogen and oxygen atoms in total. The average molecular weight is 391 g/mol. The van der Waals surface area contributed by atoms with E-state index in [-0.39, 0.29) is 17.8 Å². The molecule has 0 aliphatic heterocycles. The predicted molar refractivity (Wildman–Crippen MR) is 100 cm³/mol. The number of pyridine rings is 1. The van der Waals surface area contributed by atoms with Crippen LogP contribution in [0.25, 0.3) is 0 Å². The zero-order valence-corrected chi connectivity index (χ0v) is 15.7. The first-order valence-corrected chi connectivity index (χ1v) is 8.97. The minimum absolute atomic E-state index is 0.182. The number of carbonyl (C=O) groups is 2. The largest absolute Gasteiger partial charge is 0.389 e. The van der Waals surface area contributed by atoms with E-state index >= 15 is 0 Å². The van der Waals surface area contributed by atoms with Crippen LogP contribution in [0.1, 0.15) is 43.9 Å². The molecule has 150 valence electrons. The van der Waals surface area contributed by atoms with E-state index in [1.807, 2.05) is 6.92 Å². The van der Waals surface area contributed by atoms with Gasteiger partial charge < -0.3 is 15.7 Å². The quantitative estimate of drug-likeness (QED) is 0.645. The molecule has 2 aromatic rings. The predicted octanol–water partition coefficient (Wildman–Crippen LogP) is 2.88. The fraction of sp³-hybridized carbons (Fsp3) is 0.350. The van der Waals surface area contributed by atoms with E-state index in [1.165, 1.54) is 6.20 Å². The Bertz CT molecular complexity index is 806. The van der Waals surface area contributed by atoms with Crippen molar-refractivity contribution in [2.75, 3.05) is 5.32 Å². The van der Waals surface area contributed by atoms with Gasteiger partial charge in [0.2, 0.25) is 11.8 Å². The standard InChI is InChI=1S/C20H23F2N3O3/c1-3-4-17(20(28)25-18-6-5-14(11-23-18)12(2)26)24-19(27)9-13-7-15(21)10-16(22)8-13/h5-8,10-12,17,26H,3-4,9H2,1-2H3,(H,24,27)(H,23,25,28). The molecular formula is C20H23F2N3O3. The topological polar surface area (TPSA) is 91.3 Å². The Morgan fingerprint density at radius 2 is 1.86 bits per heavy atom. The van der Waals surface area contributed by atoms with Crippen molar-refractivity contribution >= 4 is 17.6 Å². The number of nitrogens with one attached hydrogen (secondary N) is 2. The molecule has 0 radical (unpaired) electrons. The molecule has 0 saturated heterocycles. The molecule has 2 unspecified atom stereocenters. The number of nitrogens with zero attached hydrogens (tertiary/aromatic N) is 1. The maximum absolute atomic E-state index is 13.3. The Morgan fingerprint density at radius 3 is 2.39 bits per heavy atom. The third-order valence-electron chi connectivity index (χ3n) is 4.04. The summed E-state index contributed by atoms with van der Waals surface area (Å²) in [6.07, 6.45) is 1.56. The van der Waals surface area contributed by atoms with Crippen LogP contribution in [0.15, 0.2) is 36.5 Å². The van der Waals surface area contributed by atoms with Gasteiger partial charge in [-0.15, -0.1) is 0 Å². The number of carbonyl (C=O) groups excluding carboxylic acids is 2. The Balaban J connectivity index is 2.00. The Kier molecular flexibility index (Phi) is 7.57. The lowest BCUT2D eigenvalue weighted by Crippen LogP contribution is -2.44. The number of anilines is 1. The fourth-order valence-electron chi connectivity index (χ4n) is 2.64. The lowest BCUT2D eigenvalue weighted by atomic mass is 10.1. The number of halogens is 2. The lowest BCUT2D eigenvalue weighted by molar-refractivity contribution is -0.126. The van der Waals surface area contributed by atoms with Crippen molar-refractivity contribution in [2.45, 2.75) is 45.3 Å². The van der Waals surface area contributed by atoms with Crippen LogP contribution >= 0.6 is 0 Å². The van der Waals surface area contributed by atoms with E-state index in [0.29, 0.717) is 18.4 Å². The minimum atomic E-state index is -0.811. The van der Waals surface area contributed by atoms with Crippen LogP contribution in [-0.2, 0) is 16.0 Å². The van der Waals surface area contributed by atoms with Crippen LogP contribution in [0.4, 0.5) is 14.6 Å². The van der Waals surface area contributed by atoms with Gasteiger partial charge in [-0.05, 0) is 42.7 Å². The van der Waals surface area contributed by atoms with Crippen molar-refractivity contribution in [1.29, 1.82) is 0 Å². The molecule has 0 aliphatic carbocycles. The van der Waals surface area contributed by atoms with Gasteiger partial charge in [0, 0.05) is 12.3 Å². The SMILES string of the molecule is CCCC(NC(=O)Cc1cc(F)cc(F)c1)C(=O)Nc1ccc(C(C)O)cn1. The van der Waals surface area contributed by atoms with E-state index < -0.39 is 35.6 Å². The molecular weight excluding hydrogens is 368 g/mol. The fourth-order valence-corrected chi connectivity index (χ4v) is 2.64. The van der Waals surface area contributed by atoms with Crippen LogP contribution in [-0.4, -0.2) is 27.9 Å². The highest BCUT2D eigenvalue weighted by Gasteiger charge is 2.21. The molecule has 2 atom stereocenters. The number of hydrogen-bond donors (Lipinski definition) is 3. The first-order valence-electron chi connectivity index (χ1n) is 8.97. The summed E-state index contributed by atoms with van der Waals surface area (Å²) in [6, 6.07) is 5.26. The molecule has 0 fully saturated rings. The molecule has 0 spiro atoms. The van der Waals surface area contributed by atoms with Crippen molar-refractivity contribution in [2.24, 2.45) is 0 Å². The molecule has 0 aliphatic rings. The van der Waals surface area contributed by atoms with Gasteiger partial charge in [0.1, 0.15) is 23.5 Å². The monoisotopic (exact) mass is 391 g/mol. The molecule has 1 aromatic carbocycles. The second-order valence-corrected chi connectivity index (χ2v) is 6.51. The highest BCUT2D eigenvalue weighted by molar-refractivity contribution is 5.96. The number of aliphatic hydroxyl groups excluding tert-OH is 1. The molecule has 3 N–H and O–H groups in total. The van der Waals surface area contributed by atoms with Gasteiger partial charge in [-0.1, -0.05) is 19.4 Å². The summed E-state index contributed by atoms with van der Waals surface area (Å²) >= 11 is 0. The summed E-state index contributed by atoms with van der Waals surface area (Å²) in [5, 5.41) is 14.7. The number of amides is 2. The van der Waals surface area contributed by atoms with Crippen molar-refractivity contribution in [1.82, 2.24) is 10.3 Å². The molecule has 8 heteroatoms. The molecule has 28 heavy (non-hydrogen) atoms. The first kappa shape index (κ1) is 21.4. The number of aliphatic hydroxyl groups is 1. The maximum Gasteiger partial charge on any atom is 0.248 e. The van der Waals surface area contributed by atoms with Crippen molar-refractivity contribution in [3.63, 3.8) is 0 Å². The first-order chi connectivity index (χ1) is 13.3. The van der Waals surface area contributed by atoms with Gasteiger partial charge in [-0.3, -0.25) is 9.59 Å². The third kappa shape index (κ3) is 6.38. The Morgan fingerprint density at radius 1 is 1.18 bits per heavy atom. The molecule has 2 rings (SSSR count). The van der Waals surface area contributed by atoms with E-state index in [2.05, 4.69) is 15.6 Å². The third-order valence-corrected chi connectivity index (χ3v) is 4.04. The van der Waals surface area contributed by atoms with Gasteiger partial charge in [-0.25, -0.2) is 13.8 Å². The summed E-state index contributed by atoms with van der Waals surface area (Å²) in [4.78, 5) is 28.8. The highest BCUT2D eigenvalue weighted by Crippen LogP contribution is 2.13. The van der Waals surface area contributed by atoms with Crippen molar-refractivity contribution < 1.29 is 23.5 Å². The van der Waals surface area contributed by atoms with Gasteiger partial charge >= 0.3 is 0 Å². The van der Waals surface area contributed by atoms with E-state index in [0.717, 1.165) is 18.2 Å². The average Bonchev–Trinajstić information content (AvgIpc) is 2.60.